The summed E-state index contributed by atoms with van der Waals surface area (Å²) in [5, 5.41) is 0. The van der Waals surface area contributed by atoms with Gasteiger partial charge in [0, 0.05) is 31.6 Å². The van der Waals surface area contributed by atoms with E-state index in [9.17, 15) is 4.79 Å². The number of nitrogens with zero attached hydrogens (tertiary/aromatic N) is 2. The van der Waals surface area contributed by atoms with Gasteiger partial charge in [0.05, 0.1) is 0 Å². The summed E-state index contributed by atoms with van der Waals surface area (Å²) >= 11 is 0. The molecule has 2 atom stereocenters. The first kappa shape index (κ1) is 21.0. The molecular weight excluding hydrogens is 333 g/mol. The van der Waals surface area contributed by atoms with Gasteiger partial charge >= 0.3 is 0 Å². The zero-order chi connectivity index (χ0) is 14.9. The Bertz CT molecular complexity index is 388. The number of amides is 1. The Morgan fingerprint density at radius 1 is 1.13 bits per heavy atom. The first-order chi connectivity index (χ1) is 10.1. The minimum absolute atomic E-state index is 0. The van der Waals surface area contributed by atoms with Crippen LogP contribution in [0.2, 0.25) is 0 Å². The van der Waals surface area contributed by atoms with Crippen LogP contribution in [0, 0.1) is 5.41 Å². The fraction of sp³-hybridized carbons (Fsp3) is 0.941. The number of carbonyl (C=O) groups is 1. The molecule has 0 aromatic rings. The largest absolute Gasteiger partial charge is 0.337 e. The van der Waals surface area contributed by atoms with Crippen LogP contribution in [0.3, 0.4) is 0 Å². The van der Waals surface area contributed by atoms with E-state index in [0.717, 1.165) is 25.9 Å². The second kappa shape index (κ2) is 8.89. The first-order valence-corrected chi connectivity index (χ1v) is 8.87. The first-order valence-electron chi connectivity index (χ1n) is 8.87. The van der Waals surface area contributed by atoms with Crippen LogP contribution >= 0.6 is 24.8 Å². The monoisotopic (exact) mass is 365 g/mol. The molecule has 2 N–H and O–H groups in total. The molecule has 3 fully saturated rings. The van der Waals surface area contributed by atoms with E-state index in [0.29, 0.717) is 31.0 Å². The van der Waals surface area contributed by atoms with Gasteiger partial charge in [-0.15, -0.1) is 24.8 Å². The van der Waals surface area contributed by atoms with Crippen molar-refractivity contribution in [1.29, 1.82) is 0 Å². The van der Waals surface area contributed by atoms with Gasteiger partial charge in [0.1, 0.15) is 0 Å². The Hall–Kier alpha value is -0.0300. The average molecular weight is 366 g/mol. The highest BCUT2D eigenvalue weighted by Gasteiger charge is 2.39. The highest BCUT2D eigenvalue weighted by atomic mass is 35.5. The molecule has 1 aliphatic carbocycles. The highest BCUT2D eigenvalue weighted by molar-refractivity contribution is 5.85. The molecule has 3 rings (SSSR count). The van der Waals surface area contributed by atoms with E-state index in [1.807, 2.05) is 0 Å². The summed E-state index contributed by atoms with van der Waals surface area (Å²) in [6.45, 7) is 6.12. The van der Waals surface area contributed by atoms with Crippen molar-refractivity contribution in [2.75, 3.05) is 26.2 Å². The number of piperazine rings is 1. The maximum Gasteiger partial charge on any atom is 0.223 e. The molecule has 3 aliphatic rings. The van der Waals surface area contributed by atoms with Crippen molar-refractivity contribution < 1.29 is 4.79 Å². The Morgan fingerprint density at radius 3 is 2.48 bits per heavy atom. The second-order valence-corrected chi connectivity index (χ2v) is 7.63. The molecular formula is C17H33Cl2N3O. The number of halogens is 2. The lowest BCUT2D eigenvalue weighted by Crippen LogP contribution is -2.57. The Balaban J connectivity index is 0.00000132. The van der Waals surface area contributed by atoms with Crippen molar-refractivity contribution in [1.82, 2.24) is 9.80 Å². The fourth-order valence-corrected chi connectivity index (χ4v) is 4.71. The Kier molecular flexibility index (Phi) is 8.12. The predicted molar refractivity (Wildman–Crippen MR) is 99.5 cm³/mol. The summed E-state index contributed by atoms with van der Waals surface area (Å²) in [7, 11) is 0. The van der Waals surface area contributed by atoms with Gasteiger partial charge < -0.3 is 10.6 Å². The van der Waals surface area contributed by atoms with Crippen LogP contribution in [0.15, 0.2) is 0 Å². The van der Waals surface area contributed by atoms with E-state index < -0.39 is 0 Å². The summed E-state index contributed by atoms with van der Waals surface area (Å²) < 4.78 is 0. The zero-order valence-corrected chi connectivity index (χ0v) is 16.0. The third-order valence-corrected chi connectivity index (χ3v) is 6.13. The van der Waals surface area contributed by atoms with Crippen molar-refractivity contribution in [2.45, 2.75) is 70.4 Å². The van der Waals surface area contributed by atoms with Gasteiger partial charge in [-0.05, 0) is 51.1 Å². The Morgan fingerprint density at radius 2 is 1.83 bits per heavy atom. The maximum absolute atomic E-state index is 12.9. The number of hydrogen-bond acceptors (Lipinski definition) is 3. The molecule has 1 saturated carbocycles. The third kappa shape index (κ3) is 4.53. The lowest BCUT2D eigenvalue weighted by Gasteiger charge is -2.44. The van der Waals surface area contributed by atoms with Crippen molar-refractivity contribution in [2.24, 2.45) is 11.1 Å². The van der Waals surface area contributed by atoms with Crippen LogP contribution in [0.4, 0.5) is 0 Å². The number of hydrogen-bond donors (Lipinski definition) is 1. The molecule has 0 aromatic carbocycles. The molecule has 2 unspecified atom stereocenters. The lowest BCUT2D eigenvalue weighted by molar-refractivity contribution is -0.139. The molecule has 0 aromatic heterocycles. The quantitative estimate of drug-likeness (QED) is 0.836. The van der Waals surface area contributed by atoms with Gasteiger partial charge in [0.25, 0.3) is 0 Å². The summed E-state index contributed by atoms with van der Waals surface area (Å²) in [5.74, 6) is 0.362. The molecule has 0 radical (unpaired) electrons. The molecule has 136 valence electrons. The molecule has 6 heteroatoms. The number of nitrogens with two attached hydrogens (primary N) is 1. The fourth-order valence-electron chi connectivity index (χ4n) is 4.71. The topological polar surface area (TPSA) is 49.6 Å². The van der Waals surface area contributed by atoms with Crippen molar-refractivity contribution in [3.8, 4) is 0 Å². The van der Waals surface area contributed by atoms with Gasteiger partial charge in [-0.2, -0.15) is 0 Å². The third-order valence-electron chi connectivity index (χ3n) is 6.13. The molecule has 2 aliphatic heterocycles. The summed E-state index contributed by atoms with van der Waals surface area (Å²) in [4.78, 5) is 17.6. The van der Waals surface area contributed by atoms with Gasteiger partial charge in [-0.3, -0.25) is 9.69 Å². The van der Waals surface area contributed by atoms with Crippen LogP contribution in [-0.2, 0) is 4.79 Å². The van der Waals surface area contributed by atoms with Crippen LogP contribution in [0.5, 0.6) is 0 Å². The summed E-state index contributed by atoms with van der Waals surface area (Å²) in [6.07, 6.45) is 9.34. The van der Waals surface area contributed by atoms with E-state index in [4.69, 9.17) is 5.73 Å². The van der Waals surface area contributed by atoms with Crippen LogP contribution < -0.4 is 5.73 Å². The molecule has 0 bridgehead atoms. The van der Waals surface area contributed by atoms with Gasteiger partial charge in [0.2, 0.25) is 5.91 Å². The standard InChI is InChI=1S/C17H31N3O.2ClH/c1-14-11-19-9-5-6-15(19)12-20(14)16(21)10-17(13-18)7-3-2-4-8-17;;/h14-15H,2-13,18H2,1H3;2*1H. The molecule has 4 nitrogen and oxygen atoms in total. The summed E-state index contributed by atoms with van der Waals surface area (Å²) in [6, 6.07) is 0.982. The normalized spacial score (nSPS) is 30.1. The van der Waals surface area contributed by atoms with E-state index in [-0.39, 0.29) is 30.2 Å². The van der Waals surface area contributed by atoms with E-state index in [1.165, 1.54) is 38.6 Å². The van der Waals surface area contributed by atoms with E-state index >= 15 is 0 Å². The van der Waals surface area contributed by atoms with Crippen LogP contribution in [-0.4, -0.2) is 54.0 Å². The minimum Gasteiger partial charge on any atom is -0.337 e. The van der Waals surface area contributed by atoms with Crippen molar-refractivity contribution in [3.05, 3.63) is 0 Å². The van der Waals surface area contributed by atoms with Crippen molar-refractivity contribution in [3.63, 3.8) is 0 Å². The minimum atomic E-state index is 0. The zero-order valence-electron chi connectivity index (χ0n) is 14.3. The Labute approximate surface area is 153 Å². The summed E-state index contributed by atoms with van der Waals surface area (Å²) in [5.41, 5.74) is 6.16. The molecule has 0 spiro atoms. The average Bonchev–Trinajstić information content (AvgIpc) is 2.94. The SMILES string of the molecule is CC1CN2CCCC2CN1C(=O)CC1(CN)CCCCC1.Cl.Cl. The van der Waals surface area contributed by atoms with Crippen LogP contribution in [0.25, 0.3) is 0 Å². The molecule has 23 heavy (non-hydrogen) atoms. The van der Waals surface area contributed by atoms with E-state index in [2.05, 4.69) is 16.7 Å². The number of carbonyl (C=O) groups excluding carboxylic acids is 1. The van der Waals surface area contributed by atoms with Gasteiger partial charge in [-0.1, -0.05) is 19.3 Å². The predicted octanol–water partition coefficient (Wildman–Crippen LogP) is 2.82. The van der Waals surface area contributed by atoms with E-state index in [1.54, 1.807) is 0 Å². The highest BCUT2D eigenvalue weighted by Crippen LogP contribution is 2.39. The molecule has 1 amide bonds. The van der Waals surface area contributed by atoms with Gasteiger partial charge in [0.15, 0.2) is 0 Å². The lowest BCUT2D eigenvalue weighted by atomic mass is 9.71. The van der Waals surface area contributed by atoms with Crippen LogP contribution in [0.1, 0.15) is 58.3 Å². The second-order valence-electron chi connectivity index (χ2n) is 7.63. The number of rotatable bonds is 3. The van der Waals surface area contributed by atoms with Gasteiger partial charge in [-0.25, -0.2) is 0 Å². The number of fused-ring (bicyclic) bond motifs is 1. The molecule has 2 saturated heterocycles. The smallest absolute Gasteiger partial charge is 0.223 e. The van der Waals surface area contributed by atoms with Crippen molar-refractivity contribution >= 4 is 30.7 Å². The molecule has 2 heterocycles. The maximum atomic E-state index is 12.9.